The number of hydrogen-bond donors (Lipinski definition) is 0. The number of piperidine rings is 1. The SMILES string of the molecule is C=C(CCC)N1CCC(C)(C(/C=C\C)=C/C)CC1. The van der Waals surface area contributed by atoms with Gasteiger partial charge in [-0.05, 0) is 44.1 Å². The van der Waals surface area contributed by atoms with Crippen molar-refractivity contribution in [1.29, 1.82) is 0 Å². The molecule has 0 atom stereocenters. The zero-order valence-electron chi connectivity index (χ0n) is 12.6. The van der Waals surface area contributed by atoms with E-state index in [1.54, 1.807) is 0 Å². The first-order chi connectivity index (χ1) is 8.57. The van der Waals surface area contributed by atoms with Crippen molar-refractivity contribution < 1.29 is 0 Å². The van der Waals surface area contributed by atoms with Crippen molar-refractivity contribution in [2.45, 2.75) is 53.4 Å². The van der Waals surface area contributed by atoms with Crippen molar-refractivity contribution in [2.24, 2.45) is 5.41 Å². The van der Waals surface area contributed by atoms with Gasteiger partial charge in [0.2, 0.25) is 0 Å². The Hall–Kier alpha value is -0.980. The molecule has 0 aromatic rings. The topological polar surface area (TPSA) is 3.24 Å². The molecular formula is C17H29N. The van der Waals surface area contributed by atoms with Crippen LogP contribution in [0.3, 0.4) is 0 Å². The minimum Gasteiger partial charge on any atom is -0.375 e. The van der Waals surface area contributed by atoms with Gasteiger partial charge in [-0.3, -0.25) is 0 Å². The number of allylic oxidation sites excluding steroid dienone is 5. The summed E-state index contributed by atoms with van der Waals surface area (Å²) in [6, 6.07) is 0. The van der Waals surface area contributed by atoms with Gasteiger partial charge in [0.1, 0.15) is 0 Å². The van der Waals surface area contributed by atoms with Crippen molar-refractivity contribution in [1.82, 2.24) is 4.90 Å². The van der Waals surface area contributed by atoms with Gasteiger partial charge in [-0.15, -0.1) is 0 Å². The van der Waals surface area contributed by atoms with Gasteiger partial charge in [-0.1, -0.05) is 45.1 Å². The van der Waals surface area contributed by atoms with E-state index in [4.69, 9.17) is 0 Å². The summed E-state index contributed by atoms with van der Waals surface area (Å²) >= 11 is 0. The molecule has 0 radical (unpaired) electrons. The fraction of sp³-hybridized carbons (Fsp3) is 0.647. The van der Waals surface area contributed by atoms with Gasteiger partial charge in [0.25, 0.3) is 0 Å². The van der Waals surface area contributed by atoms with E-state index in [0.29, 0.717) is 5.41 Å². The molecule has 1 fully saturated rings. The highest BCUT2D eigenvalue weighted by Gasteiger charge is 2.32. The Morgan fingerprint density at radius 3 is 2.33 bits per heavy atom. The van der Waals surface area contributed by atoms with Crippen LogP contribution < -0.4 is 0 Å². The zero-order chi connectivity index (χ0) is 13.6. The first-order valence-electron chi connectivity index (χ1n) is 7.29. The van der Waals surface area contributed by atoms with Crippen LogP contribution in [0.25, 0.3) is 0 Å². The van der Waals surface area contributed by atoms with Crippen LogP contribution in [0.1, 0.15) is 53.4 Å². The van der Waals surface area contributed by atoms with Gasteiger partial charge in [0.05, 0.1) is 0 Å². The molecule has 0 N–H and O–H groups in total. The predicted molar refractivity (Wildman–Crippen MR) is 81.5 cm³/mol. The second-order valence-corrected chi connectivity index (χ2v) is 5.61. The quantitative estimate of drug-likeness (QED) is 0.623. The van der Waals surface area contributed by atoms with E-state index in [2.05, 4.69) is 57.4 Å². The minimum atomic E-state index is 0.351. The van der Waals surface area contributed by atoms with Gasteiger partial charge >= 0.3 is 0 Å². The first-order valence-corrected chi connectivity index (χ1v) is 7.29. The van der Waals surface area contributed by atoms with E-state index >= 15 is 0 Å². The van der Waals surface area contributed by atoms with Crippen molar-refractivity contribution >= 4 is 0 Å². The minimum absolute atomic E-state index is 0.351. The monoisotopic (exact) mass is 247 g/mol. The smallest absolute Gasteiger partial charge is 0.0183 e. The summed E-state index contributed by atoms with van der Waals surface area (Å²) in [6.07, 6.45) is 11.5. The third-order valence-corrected chi connectivity index (χ3v) is 4.21. The van der Waals surface area contributed by atoms with Crippen LogP contribution in [0.15, 0.2) is 36.1 Å². The van der Waals surface area contributed by atoms with Crippen LogP contribution >= 0.6 is 0 Å². The van der Waals surface area contributed by atoms with Crippen molar-refractivity contribution in [3.8, 4) is 0 Å². The molecule has 1 saturated heterocycles. The fourth-order valence-electron chi connectivity index (χ4n) is 2.88. The van der Waals surface area contributed by atoms with E-state index in [1.807, 2.05) is 0 Å². The van der Waals surface area contributed by atoms with E-state index < -0.39 is 0 Å². The maximum atomic E-state index is 4.21. The molecule has 0 spiro atoms. The lowest BCUT2D eigenvalue weighted by Crippen LogP contribution is -2.38. The van der Waals surface area contributed by atoms with Crippen molar-refractivity contribution in [2.75, 3.05) is 13.1 Å². The Morgan fingerprint density at radius 2 is 1.89 bits per heavy atom. The van der Waals surface area contributed by atoms with Gasteiger partial charge in [0.15, 0.2) is 0 Å². The van der Waals surface area contributed by atoms with Crippen LogP contribution in [0.4, 0.5) is 0 Å². The van der Waals surface area contributed by atoms with Gasteiger partial charge in [-0.25, -0.2) is 0 Å². The van der Waals surface area contributed by atoms with Crippen LogP contribution in [-0.2, 0) is 0 Å². The number of likely N-dealkylation sites (tertiary alicyclic amines) is 1. The third-order valence-electron chi connectivity index (χ3n) is 4.21. The molecule has 0 bridgehead atoms. The Balaban J connectivity index is 2.64. The molecule has 1 aliphatic heterocycles. The molecule has 1 aliphatic rings. The van der Waals surface area contributed by atoms with Gasteiger partial charge < -0.3 is 4.90 Å². The highest BCUT2D eigenvalue weighted by molar-refractivity contribution is 5.26. The van der Waals surface area contributed by atoms with Crippen molar-refractivity contribution in [3.05, 3.63) is 36.1 Å². The maximum absolute atomic E-state index is 4.21. The maximum Gasteiger partial charge on any atom is 0.0183 e. The van der Waals surface area contributed by atoms with E-state index in [0.717, 1.165) is 19.5 Å². The average molecular weight is 247 g/mol. The van der Waals surface area contributed by atoms with E-state index in [-0.39, 0.29) is 0 Å². The summed E-state index contributed by atoms with van der Waals surface area (Å²) in [5.74, 6) is 0. The highest BCUT2D eigenvalue weighted by atomic mass is 15.1. The molecule has 1 heteroatoms. The summed E-state index contributed by atoms with van der Waals surface area (Å²) in [6.45, 7) is 15.4. The zero-order valence-corrected chi connectivity index (χ0v) is 12.6. The Labute approximate surface area is 113 Å². The van der Waals surface area contributed by atoms with Crippen LogP contribution in [0.5, 0.6) is 0 Å². The fourth-order valence-corrected chi connectivity index (χ4v) is 2.88. The van der Waals surface area contributed by atoms with E-state index in [9.17, 15) is 0 Å². The number of nitrogens with zero attached hydrogens (tertiary/aromatic N) is 1. The molecule has 1 rings (SSSR count). The molecule has 0 aromatic carbocycles. The molecule has 0 aliphatic carbocycles. The first kappa shape index (κ1) is 15.1. The summed E-state index contributed by atoms with van der Waals surface area (Å²) in [7, 11) is 0. The second-order valence-electron chi connectivity index (χ2n) is 5.61. The average Bonchev–Trinajstić information content (AvgIpc) is 2.36. The molecule has 0 aromatic heterocycles. The molecule has 18 heavy (non-hydrogen) atoms. The summed E-state index contributed by atoms with van der Waals surface area (Å²) in [5.41, 5.74) is 3.17. The van der Waals surface area contributed by atoms with Crippen LogP contribution in [0.2, 0.25) is 0 Å². The lowest BCUT2D eigenvalue weighted by atomic mass is 9.73. The predicted octanol–water partition coefficient (Wildman–Crippen LogP) is 4.92. The Morgan fingerprint density at radius 1 is 1.28 bits per heavy atom. The largest absolute Gasteiger partial charge is 0.375 e. The molecule has 0 unspecified atom stereocenters. The lowest BCUT2D eigenvalue weighted by Gasteiger charge is -2.42. The highest BCUT2D eigenvalue weighted by Crippen LogP contribution is 2.39. The van der Waals surface area contributed by atoms with Gasteiger partial charge in [-0.2, -0.15) is 0 Å². The molecule has 0 amide bonds. The lowest BCUT2D eigenvalue weighted by molar-refractivity contribution is 0.175. The molecule has 1 nitrogen and oxygen atoms in total. The van der Waals surface area contributed by atoms with Gasteiger partial charge in [0, 0.05) is 18.8 Å². The molecule has 0 saturated carbocycles. The van der Waals surface area contributed by atoms with E-state index in [1.165, 1.54) is 30.5 Å². The van der Waals surface area contributed by atoms with Crippen molar-refractivity contribution in [3.63, 3.8) is 0 Å². The standard InChI is InChI=1S/C17H29N/c1-6-9-15(4)18-13-11-17(5,12-14-18)16(8-3)10-7-2/h7-8,10H,4,6,9,11-14H2,1-3,5H3/b10-7-,16-8+. The summed E-state index contributed by atoms with van der Waals surface area (Å²) in [5, 5.41) is 0. The summed E-state index contributed by atoms with van der Waals surface area (Å²) < 4.78 is 0. The Kier molecular flexibility index (Phi) is 5.71. The van der Waals surface area contributed by atoms with Crippen LogP contribution in [0, 0.1) is 5.41 Å². The molecular weight excluding hydrogens is 218 g/mol. The number of hydrogen-bond acceptors (Lipinski definition) is 1. The molecule has 1 heterocycles. The second kappa shape index (κ2) is 6.82. The third kappa shape index (κ3) is 3.51. The Bertz CT molecular complexity index is 328. The normalized spacial score (nSPS) is 20.4. The summed E-state index contributed by atoms with van der Waals surface area (Å²) in [4.78, 5) is 2.48. The molecule has 102 valence electrons. The number of rotatable bonds is 5. The van der Waals surface area contributed by atoms with Crippen LogP contribution in [-0.4, -0.2) is 18.0 Å².